The molecule has 0 fully saturated rings. The average Bonchev–Trinajstić information content (AvgIpc) is 2.60. The Morgan fingerprint density at radius 3 is 2.53 bits per heavy atom. The monoisotopic (exact) mass is 265 g/mol. The SMILES string of the molecule is Cc1[nH]c(-c2cc(Cl)cc(Cl)c2)nc1CC#N. The summed E-state index contributed by atoms with van der Waals surface area (Å²) in [7, 11) is 0. The van der Waals surface area contributed by atoms with E-state index in [0.717, 1.165) is 17.0 Å². The van der Waals surface area contributed by atoms with E-state index in [-0.39, 0.29) is 6.42 Å². The predicted molar refractivity (Wildman–Crippen MR) is 68.1 cm³/mol. The molecule has 0 unspecified atom stereocenters. The van der Waals surface area contributed by atoms with Crippen LogP contribution >= 0.6 is 23.2 Å². The average molecular weight is 266 g/mol. The second-order valence-corrected chi connectivity index (χ2v) is 4.52. The van der Waals surface area contributed by atoms with Crippen molar-refractivity contribution in [1.29, 1.82) is 5.26 Å². The number of nitriles is 1. The Morgan fingerprint density at radius 2 is 1.94 bits per heavy atom. The minimum absolute atomic E-state index is 0.288. The molecule has 0 spiro atoms. The van der Waals surface area contributed by atoms with Gasteiger partial charge in [-0.1, -0.05) is 23.2 Å². The Labute approximate surface area is 109 Å². The fraction of sp³-hybridized carbons (Fsp3) is 0.167. The van der Waals surface area contributed by atoms with Crippen LogP contribution < -0.4 is 0 Å². The molecule has 0 aliphatic rings. The molecule has 0 bridgehead atoms. The number of H-pyrrole nitrogens is 1. The minimum Gasteiger partial charge on any atom is -0.342 e. The summed E-state index contributed by atoms with van der Waals surface area (Å²) in [4.78, 5) is 7.48. The molecule has 0 atom stereocenters. The number of aromatic nitrogens is 2. The third-order valence-corrected chi connectivity index (χ3v) is 2.80. The topological polar surface area (TPSA) is 52.5 Å². The van der Waals surface area contributed by atoms with E-state index in [1.807, 2.05) is 6.92 Å². The number of hydrogen-bond acceptors (Lipinski definition) is 2. The summed E-state index contributed by atoms with van der Waals surface area (Å²) in [6.45, 7) is 1.88. The van der Waals surface area contributed by atoms with Gasteiger partial charge in [0.2, 0.25) is 0 Å². The number of aromatic amines is 1. The second kappa shape index (κ2) is 4.79. The van der Waals surface area contributed by atoms with Gasteiger partial charge in [-0.05, 0) is 25.1 Å². The van der Waals surface area contributed by atoms with Crippen LogP contribution in [0.1, 0.15) is 11.4 Å². The number of nitrogens with one attached hydrogen (secondary N) is 1. The summed E-state index contributed by atoms with van der Waals surface area (Å²) in [5.41, 5.74) is 2.45. The molecule has 0 aliphatic carbocycles. The van der Waals surface area contributed by atoms with Crippen LogP contribution in [0.25, 0.3) is 11.4 Å². The second-order valence-electron chi connectivity index (χ2n) is 3.65. The highest BCUT2D eigenvalue weighted by atomic mass is 35.5. The van der Waals surface area contributed by atoms with Crippen molar-refractivity contribution in [1.82, 2.24) is 9.97 Å². The number of halogens is 2. The first-order valence-corrected chi connectivity index (χ1v) is 5.74. The van der Waals surface area contributed by atoms with E-state index in [1.54, 1.807) is 18.2 Å². The summed E-state index contributed by atoms with van der Waals surface area (Å²) < 4.78 is 0. The van der Waals surface area contributed by atoms with Crippen molar-refractivity contribution in [3.63, 3.8) is 0 Å². The van der Waals surface area contributed by atoms with E-state index in [2.05, 4.69) is 16.0 Å². The molecule has 1 aromatic carbocycles. The standard InChI is InChI=1S/C12H9Cl2N3/c1-7-11(2-3-15)17-12(16-7)8-4-9(13)6-10(14)5-8/h4-6H,2H2,1H3,(H,16,17). The van der Waals surface area contributed by atoms with Crippen LogP contribution in [0.2, 0.25) is 10.0 Å². The Balaban J connectivity index is 2.46. The van der Waals surface area contributed by atoms with Crippen molar-refractivity contribution in [3.8, 4) is 17.5 Å². The number of aryl methyl sites for hydroxylation is 1. The van der Waals surface area contributed by atoms with Crippen molar-refractivity contribution in [2.75, 3.05) is 0 Å². The molecule has 1 aromatic heterocycles. The van der Waals surface area contributed by atoms with Gasteiger partial charge in [0.25, 0.3) is 0 Å². The van der Waals surface area contributed by atoms with Gasteiger partial charge in [0.1, 0.15) is 5.82 Å². The van der Waals surface area contributed by atoms with E-state index in [4.69, 9.17) is 28.5 Å². The maximum Gasteiger partial charge on any atom is 0.137 e. The molecular formula is C12H9Cl2N3. The van der Waals surface area contributed by atoms with E-state index >= 15 is 0 Å². The molecule has 0 saturated heterocycles. The van der Waals surface area contributed by atoms with Crippen molar-refractivity contribution in [3.05, 3.63) is 39.6 Å². The summed E-state index contributed by atoms with van der Waals surface area (Å²) in [5, 5.41) is 9.78. The first-order chi connectivity index (χ1) is 8.10. The van der Waals surface area contributed by atoms with Crippen LogP contribution in [-0.4, -0.2) is 9.97 Å². The van der Waals surface area contributed by atoms with Crippen molar-refractivity contribution >= 4 is 23.2 Å². The largest absolute Gasteiger partial charge is 0.342 e. The highest BCUT2D eigenvalue weighted by Gasteiger charge is 2.09. The number of benzene rings is 1. The van der Waals surface area contributed by atoms with Gasteiger partial charge in [0.15, 0.2) is 0 Å². The van der Waals surface area contributed by atoms with Crippen LogP contribution in [0, 0.1) is 18.3 Å². The van der Waals surface area contributed by atoms with Gasteiger partial charge < -0.3 is 4.98 Å². The zero-order chi connectivity index (χ0) is 12.4. The quantitative estimate of drug-likeness (QED) is 0.899. The zero-order valence-electron chi connectivity index (χ0n) is 9.09. The van der Waals surface area contributed by atoms with Gasteiger partial charge in [-0.15, -0.1) is 0 Å². The Kier molecular flexibility index (Phi) is 3.37. The number of hydrogen-bond donors (Lipinski definition) is 1. The Bertz CT molecular complexity index is 576. The lowest BCUT2D eigenvalue weighted by Crippen LogP contribution is -1.84. The van der Waals surface area contributed by atoms with Crippen LogP contribution in [0.4, 0.5) is 0 Å². The fourth-order valence-electron chi connectivity index (χ4n) is 1.57. The van der Waals surface area contributed by atoms with E-state index < -0.39 is 0 Å². The van der Waals surface area contributed by atoms with Crippen LogP contribution in [0.3, 0.4) is 0 Å². The molecule has 0 saturated carbocycles. The lowest BCUT2D eigenvalue weighted by Gasteiger charge is -1.99. The van der Waals surface area contributed by atoms with Crippen molar-refractivity contribution in [2.45, 2.75) is 13.3 Å². The maximum atomic E-state index is 8.67. The molecule has 17 heavy (non-hydrogen) atoms. The summed E-state index contributed by atoms with van der Waals surface area (Å²) in [6.07, 6.45) is 0.288. The van der Waals surface area contributed by atoms with Gasteiger partial charge in [0, 0.05) is 21.3 Å². The van der Waals surface area contributed by atoms with Crippen LogP contribution in [0.5, 0.6) is 0 Å². The fourth-order valence-corrected chi connectivity index (χ4v) is 2.10. The molecule has 3 nitrogen and oxygen atoms in total. The summed E-state index contributed by atoms with van der Waals surface area (Å²) in [5.74, 6) is 0.678. The molecule has 1 heterocycles. The normalized spacial score (nSPS) is 10.2. The number of nitrogens with zero attached hydrogens (tertiary/aromatic N) is 2. The van der Waals surface area contributed by atoms with E-state index in [9.17, 15) is 0 Å². The zero-order valence-corrected chi connectivity index (χ0v) is 10.6. The smallest absolute Gasteiger partial charge is 0.137 e. The number of imidazole rings is 1. The molecule has 1 N–H and O–H groups in total. The van der Waals surface area contributed by atoms with Crippen LogP contribution in [-0.2, 0) is 6.42 Å². The molecule has 0 amide bonds. The van der Waals surface area contributed by atoms with E-state index in [1.165, 1.54) is 0 Å². The van der Waals surface area contributed by atoms with Gasteiger partial charge in [-0.3, -0.25) is 0 Å². The molecule has 2 rings (SSSR count). The van der Waals surface area contributed by atoms with Crippen LogP contribution in [0.15, 0.2) is 18.2 Å². The predicted octanol–water partition coefficient (Wildman–Crippen LogP) is 3.76. The minimum atomic E-state index is 0.288. The van der Waals surface area contributed by atoms with Gasteiger partial charge in [-0.25, -0.2) is 4.98 Å². The Hall–Kier alpha value is -1.50. The third kappa shape index (κ3) is 2.60. The Morgan fingerprint density at radius 1 is 1.29 bits per heavy atom. The third-order valence-electron chi connectivity index (χ3n) is 2.37. The molecule has 0 aliphatic heterocycles. The first kappa shape index (κ1) is 12.0. The lowest BCUT2D eigenvalue weighted by atomic mass is 10.2. The maximum absolute atomic E-state index is 8.67. The first-order valence-electron chi connectivity index (χ1n) is 4.99. The van der Waals surface area contributed by atoms with Crippen molar-refractivity contribution < 1.29 is 0 Å². The highest BCUT2D eigenvalue weighted by Crippen LogP contribution is 2.26. The molecular weight excluding hydrogens is 257 g/mol. The molecule has 86 valence electrons. The lowest BCUT2D eigenvalue weighted by molar-refractivity contribution is 1.12. The van der Waals surface area contributed by atoms with E-state index in [0.29, 0.717) is 15.9 Å². The summed E-state index contributed by atoms with van der Waals surface area (Å²) >= 11 is 11.9. The summed E-state index contributed by atoms with van der Waals surface area (Å²) in [6, 6.07) is 7.30. The molecule has 0 radical (unpaired) electrons. The molecule has 2 aromatic rings. The van der Waals surface area contributed by atoms with Gasteiger partial charge in [-0.2, -0.15) is 5.26 Å². The molecule has 5 heteroatoms. The number of rotatable bonds is 2. The van der Waals surface area contributed by atoms with Gasteiger partial charge in [0.05, 0.1) is 18.2 Å². The van der Waals surface area contributed by atoms with Gasteiger partial charge >= 0.3 is 0 Å². The highest BCUT2D eigenvalue weighted by molar-refractivity contribution is 6.35. The van der Waals surface area contributed by atoms with Crippen molar-refractivity contribution in [2.24, 2.45) is 0 Å².